The van der Waals surface area contributed by atoms with Gasteiger partial charge >= 0.3 is 0 Å². The SMILES string of the molecule is CN[C@@H](C)C(=O)N[C@H](C(=O)NCC(=O)N1C=CN(CCc2ccccc2)C(=O)[C@@H]1Cc1ccc(N)cc1)C(C)(C)C. The van der Waals surface area contributed by atoms with Crippen LogP contribution in [0.1, 0.15) is 38.8 Å². The van der Waals surface area contributed by atoms with Crippen molar-refractivity contribution in [1.29, 1.82) is 0 Å². The second-order valence-electron chi connectivity index (χ2n) is 11.4. The summed E-state index contributed by atoms with van der Waals surface area (Å²) in [6.45, 7) is 7.34. The maximum absolute atomic E-state index is 13.6. The van der Waals surface area contributed by atoms with Gasteiger partial charge in [0, 0.05) is 31.1 Å². The Morgan fingerprint density at radius 2 is 1.61 bits per heavy atom. The predicted octanol–water partition coefficient (Wildman–Crippen LogP) is 1.82. The molecule has 2 aromatic rings. The number of nitrogens with zero attached hydrogens (tertiary/aromatic N) is 2. The molecule has 0 unspecified atom stereocenters. The molecule has 0 saturated heterocycles. The fourth-order valence-electron chi connectivity index (χ4n) is 4.47. The lowest BCUT2D eigenvalue weighted by Gasteiger charge is -2.36. The number of rotatable bonds is 11. The minimum absolute atomic E-state index is 0.208. The zero-order chi connectivity index (χ0) is 30.2. The van der Waals surface area contributed by atoms with Crippen LogP contribution in [0.15, 0.2) is 67.0 Å². The van der Waals surface area contributed by atoms with Crippen molar-refractivity contribution in [3.8, 4) is 0 Å². The smallest absolute Gasteiger partial charge is 0.250 e. The van der Waals surface area contributed by atoms with Gasteiger partial charge in [-0.2, -0.15) is 0 Å². The van der Waals surface area contributed by atoms with Crippen LogP contribution in [-0.2, 0) is 32.0 Å². The van der Waals surface area contributed by atoms with Crippen molar-refractivity contribution in [1.82, 2.24) is 25.8 Å². The molecule has 1 heterocycles. The maximum atomic E-state index is 13.6. The van der Waals surface area contributed by atoms with Gasteiger partial charge in [-0.15, -0.1) is 0 Å². The first-order chi connectivity index (χ1) is 19.4. The summed E-state index contributed by atoms with van der Waals surface area (Å²) >= 11 is 0. The minimum Gasteiger partial charge on any atom is -0.399 e. The fourth-order valence-corrected chi connectivity index (χ4v) is 4.47. The number of nitrogens with two attached hydrogens (primary N) is 1. The Hall–Kier alpha value is -4.18. The van der Waals surface area contributed by atoms with Crippen LogP contribution >= 0.6 is 0 Å². The molecule has 5 N–H and O–H groups in total. The van der Waals surface area contributed by atoms with Gasteiger partial charge in [0.05, 0.1) is 12.6 Å². The van der Waals surface area contributed by atoms with Crippen LogP contribution in [0.4, 0.5) is 5.69 Å². The van der Waals surface area contributed by atoms with E-state index in [2.05, 4.69) is 16.0 Å². The number of hydrogen-bond acceptors (Lipinski definition) is 6. The van der Waals surface area contributed by atoms with E-state index in [1.54, 1.807) is 43.4 Å². The first-order valence-electron chi connectivity index (χ1n) is 13.8. The predicted molar refractivity (Wildman–Crippen MR) is 159 cm³/mol. The fraction of sp³-hybridized carbons (Fsp3) is 0.419. The van der Waals surface area contributed by atoms with E-state index in [-0.39, 0.29) is 24.8 Å². The summed E-state index contributed by atoms with van der Waals surface area (Å²) in [5, 5.41) is 8.30. The number of hydrogen-bond donors (Lipinski definition) is 4. The number of carbonyl (C=O) groups excluding carboxylic acids is 4. The van der Waals surface area contributed by atoms with Crippen LogP contribution in [0.25, 0.3) is 0 Å². The normalized spacial score (nSPS) is 16.7. The number of amides is 4. The molecular formula is C31H42N6O4. The second-order valence-corrected chi connectivity index (χ2v) is 11.4. The maximum Gasteiger partial charge on any atom is 0.250 e. The van der Waals surface area contributed by atoms with Crippen molar-refractivity contribution >= 4 is 29.3 Å². The third kappa shape index (κ3) is 8.65. The van der Waals surface area contributed by atoms with E-state index >= 15 is 0 Å². The third-order valence-corrected chi connectivity index (χ3v) is 7.15. The lowest BCUT2D eigenvalue weighted by Crippen LogP contribution is -2.58. The van der Waals surface area contributed by atoms with Crippen molar-refractivity contribution in [2.24, 2.45) is 5.41 Å². The van der Waals surface area contributed by atoms with Crippen molar-refractivity contribution in [2.45, 2.75) is 58.7 Å². The molecule has 10 nitrogen and oxygen atoms in total. The van der Waals surface area contributed by atoms with Gasteiger partial charge in [-0.05, 0) is 49.1 Å². The van der Waals surface area contributed by atoms with Gasteiger partial charge in [0.1, 0.15) is 12.1 Å². The van der Waals surface area contributed by atoms with Crippen LogP contribution in [-0.4, -0.2) is 71.7 Å². The van der Waals surface area contributed by atoms with Crippen LogP contribution in [0.2, 0.25) is 0 Å². The number of carbonyl (C=O) groups is 4. The molecule has 4 amide bonds. The molecule has 0 spiro atoms. The molecular weight excluding hydrogens is 520 g/mol. The first kappa shape index (κ1) is 31.3. The molecule has 0 saturated carbocycles. The highest BCUT2D eigenvalue weighted by Crippen LogP contribution is 2.21. The van der Waals surface area contributed by atoms with Gasteiger partial charge in [0.15, 0.2) is 0 Å². The molecule has 0 radical (unpaired) electrons. The average Bonchev–Trinajstić information content (AvgIpc) is 2.95. The highest BCUT2D eigenvalue weighted by Gasteiger charge is 2.37. The summed E-state index contributed by atoms with van der Waals surface area (Å²) in [6.07, 6.45) is 4.16. The Kier molecular flexibility index (Phi) is 10.7. The monoisotopic (exact) mass is 562 g/mol. The zero-order valence-corrected chi connectivity index (χ0v) is 24.5. The lowest BCUT2D eigenvalue weighted by molar-refractivity contribution is -0.143. The molecule has 1 aliphatic heterocycles. The van der Waals surface area contributed by atoms with Crippen LogP contribution in [0.5, 0.6) is 0 Å². The van der Waals surface area contributed by atoms with E-state index in [0.29, 0.717) is 18.7 Å². The van der Waals surface area contributed by atoms with Gasteiger partial charge in [0.25, 0.3) is 0 Å². The van der Waals surface area contributed by atoms with Gasteiger partial charge < -0.3 is 31.5 Å². The summed E-state index contributed by atoms with van der Waals surface area (Å²) in [6, 6.07) is 14.9. The Morgan fingerprint density at radius 3 is 2.22 bits per heavy atom. The van der Waals surface area contributed by atoms with Crippen molar-refractivity contribution in [3.05, 3.63) is 78.1 Å². The first-order valence-corrected chi connectivity index (χ1v) is 13.8. The van der Waals surface area contributed by atoms with E-state index in [0.717, 1.165) is 11.1 Å². The molecule has 220 valence electrons. The minimum atomic E-state index is -0.865. The Balaban J connectivity index is 1.75. The van der Waals surface area contributed by atoms with Gasteiger partial charge in [-0.25, -0.2) is 0 Å². The Bertz CT molecular complexity index is 1240. The molecule has 1 aliphatic rings. The molecule has 0 aromatic heterocycles. The topological polar surface area (TPSA) is 137 Å². The van der Waals surface area contributed by atoms with E-state index < -0.39 is 35.4 Å². The average molecular weight is 563 g/mol. The zero-order valence-electron chi connectivity index (χ0n) is 24.5. The second kappa shape index (κ2) is 13.9. The third-order valence-electron chi connectivity index (χ3n) is 7.15. The number of anilines is 1. The van der Waals surface area contributed by atoms with E-state index in [9.17, 15) is 19.2 Å². The highest BCUT2D eigenvalue weighted by atomic mass is 16.2. The number of benzene rings is 2. The quantitative estimate of drug-likeness (QED) is 0.309. The summed E-state index contributed by atoms with van der Waals surface area (Å²) in [4.78, 5) is 55.7. The van der Waals surface area contributed by atoms with E-state index in [1.165, 1.54) is 4.90 Å². The number of nitrogens with one attached hydrogen (secondary N) is 3. The van der Waals surface area contributed by atoms with Gasteiger partial charge in [-0.3, -0.25) is 19.2 Å². The van der Waals surface area contributed by atoms with E-state index in [1.807, 2.05) is 63.2 Å². The standard InChI is InChI=1S/C31H42N6O4/c1-21(33-5)28(39)35-27(31(2,3)4)29(40)34-20-26(38)37-18-17-36(16-15-22-9-7-6-8-10-22)30(41)25(37)19-23-11-13-24(32)14-12-23/h6-14,17-18,21,25,27,33H,15-16,19-20,32H2,1-5H3,(H,34,40)(H,35,39)/t21-,25-,27+/m0/s1. The van der Waals surface area contributed by atoms with Crippen LogP contribution in [0.3, 0.4) is 0 Å². The Morgan fingerprint density at radius 1 is 0.951 bits per heavy atom. The van der Waals surface area contributed by atoms with Gasteiger partial charge in [-0.1, -0.05) is 63.2 Å². The molecule has 0 aliphatic carbocycles. The van der Waals surface area contributed by atoms with Crippen molar-refractivity contribution in [2.75, 3.05) is 25.9 Å². The van der Waals surface area contributed by atoms with Crippen molar-refractivity contribution < 1.29 is 19.2 Å². The van der Waals surface area contributed by atoms with E-state index in [4.69, 9.17) is 5.73 Å². The molecule has 41 heavy (non-hydrogen) atoms. The summed E-state index contributed by atoms with van der Waals surface area (Å²) in [5.41, 5.74) is 7.80. The highest BCUT2D eigenvalue weighted by molar-refractivity contribution is 5.94. The van der Waals surface area contributed by atoms with Crippen molar-refractivity contribution in [3.63, 3.8) is 0 Å². The molecule has 10 heteroatoms. The lowest BCUT2D eigenvalue weighted by atomic mass is 9.86. The summed E-state index contributed by atoms with van der Waals surface area (Å²) in [5.74, 6) is -1.44. The molecule has 3 atom stereocenters. The Labute approximate surface area is 242 Å². The van der Waals surface area contributed by atoms with Crippen LogP contribution in [0, 0.1) is 5.41 Å². The molecule has 0 bridgehead atoms. The van der Waals surface area contributed by atoms with Gasteiger partial charge in [0.2, 0.25) is 23.6 Å². The number of likely N-dealkylation sites (N-methyl/N-ethyl adjacent to an activating group) is 1. The molecule has 3 rings (SSSR count). The largest absolute Gasteiger partial charge is 0.399 e. The summed E-state index contributed by atoms with van der Waals surface area (Å²) in [7, 11) is 1.66. The molecule has 2 aromatic carbocycles. The molecule has 0 fully saturated rings. The summed E-state index contributed by atoms with van der Waals surface area (Å²) < 4.78 is 0. The van der Waals surface area contributed by atoms with Crippen LogP contribution < -0.4 is 21.7 Å². The number of nitrogen functional groups attached to an aromatic ring is 1.